The quantitative estimate of drug-likeness (QED) is 0.739. The summed E-state index contributed by atoms with van der Waals surface area (Å²) >= 11 is 11.8. The fraction of sp³-hybridized carbons (Fsp3) is 0.222. The largest absolute Gasteiger partial charge is 0.453 e. The Balaban J connectivity index is 1.83. The molecule has 0 aliphatic rings. The van der Waals surface area contributed by atoms with E-state index in [9.17, 15) is 14.0 Å². The van der Waals surface area contributed by atoms with E-state index in [2.05, 4.69) is 5.32 Å². The van der Waals surface area contributed by atoms with Crippen LogP contribution >= 0.6 is 23.2 Å². The fourth-order valence-electron chi connectivity index (χ4n) is 2.03. The summed E-state index contributed by atoms with van der Waals surface area (Å²) in [4.78, 5) is 23.9. The number of halogens is 3. The number of nitrogens with one attached hydrogen (secondary N) is 1. The first kappa shape index (κ1) is 19.2. The number of esters is 1. The summed E-state index contributed by atoms with van der Waals surface area (Å²) in [5.41, 5.74) is 1.19. The van der Waals surface area contributed by atoms with Gasteiger partial charge in [0.15, 0.2) is 6.10 Å². The summed E-state index contributed by atoms with van der Waals surface area (Å²) in [5.74, 6) is -1.36. The Hall–Kier alpha value is -2.11. The summed E-state index contributed by atoms with van der Waals surface area (Å²) in [6, 6.07) is 10.5. The third-order valence-electron chi connectivity index (χ3n) is 3.40. The molecule has 0 radical (unpaired) electrons. The molecular weight excluding hydrogens is 368 g/mol. The van der Waals surface area contributed by atoms with Crippen molar-refractivity contribution in [3.63, 3.8) is 0 Å². The van der Waals surface area contributed by atoms with Gasteiger partial charge in [-0.1, -0.05) is 35.3 Å². The molecule has 0 heterocycles. The van der Waals surface area contributed by atoms with E-state index in [0.29, 0.717) is 17.1 Å². The van der Waals surface area contributed by atoms with E-state index in [1.807, 2.05) is 0 Å². The van der Waals surface area contributed by atoms with Crippen molar-refractivity contribution in [2.24, 2.45) is 0 Å². The number of ether oxygens (including phenoxy) is 1. The van der Waals surface area contributed by atoms with Crippen LogP contribution < -0.4 is 5.32 Å². The molecule has 0 saturated carbocycles. The van der Waals surface area contributed by atoms with Crippen LogP contribution in [0.15, 0.2) is 42.5 Å². The van der Waals surface area contributed by atoms with Crippen molar-refractivity contribution < 1.29 is 18.7 Å². The average Bonchev–Trinajstić information content (AvgIpc) is 2.56. The zero-order valence-electron chi connectivity index (χ0n) is 13.4. The van der Waals surface area contributed by atoms with E-state index >= 15 is 0 Å². The summed E-state index contributed by atoms with van der Waals surface area (Å²) in [6.07, 6.45) is -0.492. The number of benzene rings is 2. The van der Waals surface area contributed by atoms with Gasteiger partial charge in [-0.15, -0.1) is 0 Å². The molecule has 132 valence electrons. The van der Waals surface area contributed by atoms with Crippen LogP contribution in [0, 0.1) is 5.82 Å². The van der Waals surface area contributed by atoms with Crippen LogP contribution in [0.1, 0.15) is 18.9 Å². The van der Waals surface area contributed by atoms with Gasteiger partial charge in [0, 0.05) is 11.4 Å². The van der Waals surface area contributed by atoms with Crippen LogP contribution in [0.2, 0.25) is 10.0 Å². The number of amides is 1. The molecule has 1 atom stereocenters. The molecule has 0 unspecified atom stereocenters. The number of aryl methyl sites for hydroxylation is 1. The lowest BCUT2D eigenvalue weighted by molar-refractivity contribution is -0.153. The van der Waals surface area contributed by atoms with Gasteiger partial charge in [0.2, 0.25) is 0 Å². The Bertz CT molecular complexity index is 765. The smallest absolute Gasteiger partial charge is 0.306 e. The van der Waals surface area contributed by atoms with Crippen LogP contribution in [-0.2, 0) is 20.7 Å². The summed E-state index contributed by atoms with van der Waals surface area (Å²) in [5, 5.41) is 3.31. The molecule has 0 fully saturated rings. The second-order valence-corrected chi connectivity index (χ2v) is 6.22. The predicted molar refractivity (Wildman–Crippen MR) is 95.4 cm³/mol. The van der Waals surface area contributed by atoms with Gasteiger partial charge in [-0.05, 0) is 49.2 Å². The Morgan fingerprint density at radius 2 is 1.84 bits per heavy atom. The van der Waals surface area contributed by atoms with Crippen molar-refractivity contribution >= 4 is 40.8 Å². The maximum absolute atomic E-state index is 12.8. The number of anilines is 1. The third kappa shape index (κ3) is 6.03. The molecule has 7 heteroatoms. The Labute approximate surface area is 154 Å². The Morgan fingerprint density at radius 3 is 2.48 bits per heavy atom. The highest BCUT2D eigenvalue weighted by molar-refractivity contribution is 6.36. The Morgan fingerprint density at radius 1 is 1.16 bits per heavy atom. The lowest BCUT2D eigenvalue weighted by Gasteiger charge is -2.14. The van der Waals surface area contributed by atoms with Gasteiger partial charge in [0.1, 0.15) is 5.82 Å². The standard InChI is InChI=1S/C18H16Cl2FNO3/c1-11(18(24)22-16-8-5-13(19)10-15(16)20)25-17(23)9-4-12-2-6-14(21)7-3-12/h2-3,5-8,10-11H,4,9H2,1H3,(H,22,24)/t11-/m1/s1. The van der Waals surface area contributed by atoms with Crippen LogP contribution in [0.3, 0.4) is 0 Å². The molecule has 2 aromatic rings. The maximum Gasteiger partial charge on any atom is 0.306 e. The van der Waals surface area contributed by atoms with Crippen LogP contribution in [0.4, 0.5) is 10.1 Å². The van der Waals surface area contributed by atoms with Crippen LogP contribution in [0.25, 0.3) is 0 Å². The first-order chi connectivity index (χ1) is 11.8. The highest BCUT2D eigenvalue weighted by atomic mass is 35.5. The highest BCUT2D eigenvalue weighted by Gasteiger charge is 2.18. The van der Waals surface area contributed by atoms with Crippen molar-refractivity contribution in [1.82, 2.24) is 0 Å². The SMILES string of the molecule is C[C@@H](OC(=O)CCc1ccc(F)cc1)C(=O)Nc1ccc(Cl)cc1Cl. The lowest BCUT2D eigenvalue weighted by atomic mass is 10.1. The zero-order valence-corrected chi connectivity index (χ0v) is 14.9. The monoisotopic (exact) mass is 383 g/mol. The summed E-state index contributed by atoms with van der Waals surface area (Å²) in [6.45, 7) is 1.47. The normalized spacial score (nSPS) is 11.7. The maximum atomic E-state index is 12.8. The molecule has 0 spiro atoms. The van der Waals surface area contributed by atoms with E-state index in [1.54, 1.807) is 24.3 Å². The van der Waals surface area contributed by atoms with Gasteiger partial charge in [0.05, 0.1) is 10.7 Å². The Kier molecular flexibility index (Phi) is 6.79. The number of rotatable bonds is 6. The predicted octanol–water partition coefficient (Wildman–Crippen LogP) is 4.64. The van der Waals surface area contributed by atoms with Crippen molar-refractivity contribution in [3.05, 3.63) is 63.9 Å². The molecule has 0 aliphatic heterocycles. The van der Waals surface area contributed by atoms with Gasteiger partial charge in [-0.3, -0.25) is 9.59 Å². The van der Waals surface area contributed by atoms with Gasteiger partial charge in [0.25, 0.3) is 5.91 Å². The number of hydrogen-bond donors (Lipinski definition) is 1. The third-order valence-corrected chi connectivity index (χ3v) is 3.95. The molecular formula is C18H16Cl2FNO3. The topological polar surface area (TPSA) is 55.4 Å². The molecule has 2 rings (SSSR count). The second kappa shape index (κ2) is 8.83. The van der Waals surface area contributed by atoms with Crippen molar-refractivity contribution in [3.8, 4) is 0 Å². The summed E-state index contributed by atoms with van der Waals surface area (Å²) in [7, 11) is 0. The van der Waals surface area contributed by atoms with E-state index in [4.69, 9.17) is 27.9 Å². The molecule has 25 heavy (non-hydrogen) atoms. The zero-order chi connectivity index (χ0) is 18.4. The molecule has 0 saturated heterocycles. The van der Waals surface area contributed by atoms with Crippen LogP contribution in [-0.4, -0.2) is 18.0 Å². The van der Waals surface area contributed by atoms with E-state index in [-0.39, 0.29) is 17.3 Å². The molecule has 1 amide bonds. The van der Waals surface area contributed by atoms with Gasteiger partial charge >= 0.3 is 5.97 Å². The minimum atomic E-state index is -0.979. The molecule has 1 N–H and O–H groups in total. The van der Waals surface area contributed by atoms with E-state index in [0.717, 1.165) is 5.56 Å². The average molecular weight is 384 g/mol. The van der Waals surface area contributed by atoms with Gasteiger partial charge in [-0.2, -0.15) is 0 Å². The van der Waals surface area contributed by atoms with Gasteiger partial charge in [-0.25, -0.2) is 4.39 Å². The summed E-state index contributed by atoms with van der Waals surface area (Å²) < 4.78 is 17.9. The number of hydrogen-bond acceptors (Lipinski definition) is 3. The fourth-order valence-corrected chi connectivity index (χ4v) is 2.49. The van der Waals surface area contributed by atoms with Crippen LogP contribution in [0.5, 0.6) is 0 Å². The molecule has 2 aromatic carbocycles. The van der Waals surface area contributed by atoms with Crippen molar-refractivity contribution in [2.45, 2.75) is 25.9 Å². The highest BCUT2D eigenvalue weighted by Crippen LogP contribution is 2.25. The van der Waals surface area contributed by atoms with E-state index in [1.165, 1.54) is 25.1 Å². The van der Waals surface area contributed by atoms with E-state index < -0.39 is 18.0 Å². The molecule has 0 aromatic heterocycles. The lowest BCUT2D eigenvalue weighted by Crippen LogP contribution is -2.30. The number of carbonyl (C=O) groups excluding carboxylic acids is 2. The minimum absolute atomic E-state index is 0.0882. The second-order valence-electron chi connectivity index (χ2n) is 5.37. The van der Waals surface area contributed by atoms with Crippen molar-refractivity contribution in [2.75, 3.05) is 5.32 Å². The molecule has 4 nitrogen and oxygen atoms in total. The van der Waals surface area contributed by atoms with Crippen molar-refractivity contribution in [1.29, 1.82) is 0 Å². The first-order valence-corrected chi connectivity index (χ1v) is 8.30. The molecule has 0 aliphatic carbocycles. The first-order valence-electron chi connectivity index (χ1n) is 7.55. The van der Waals surface area contributed by atoms with Gasteiger partial charge < -0.3 is 10.1 Å². The molecule has 0 bridgehead atoms. The number of carbonyl (C=O) groups is 2. The minimum Gasteiger partial charge on any atom is -0.453 e.